The first-order valence-corrected chi connectivity index (χ1v) is 55.6. The molecule has 0 spiro atoms. The summed E-state index contributed by atoms with van der Waals surface area (Å²) in [6, 6.07) is 6.64. The van der Waals surface area contributed by atoms with Crippen LogP contribution in [-0.2, 0) is 18.9 Å². The van der Waals surface area contributed by atoms with Crippen LogP contribution < -0.4 is 32.4 Å². The Balaban J connectivity index is 0.000000172. The Kier molecular flexibility index (Phi) is 36.3. The Hall–Kier alpha value is -6.02. The van der Waals surface area contributed by atoms with Crippen molar-refractivity contribution in [3.8, 4) is 70.2 Å². The molecule has 27 nitrogen and oxygen atoms in total. The summed E-state index contributed by atoms with van der Waals surface area (Å²) < 4.78 is 40.0. The number of pyridine rings is 3. The second-order valence-corrected chi connectivity index (χ2v) is 54.6. The molecule has 0 aliphatic carbocycles. The number of anilines is 3. The van der Waals surface area contributed by atoms with E-state index in [9.17, 15) is 14.7 Å². The second-order valence-electron chi connectivity index (χ2n) is 31.0. The molecule has 3 saturated heterocycles. The molecule has 3 aliphatic heterocycles. The number of likely N-dealkylation sites (tertiary alicyclic amines) is 2. The molecule has 15 rings (SSSR count). The molecule has 15 heterocycles. The zero-order valence-corrected chi connectivity index (χ0v) is 83.5. The number of methoxy groups -OCH3 is 2. The summed E-state index contributed by atoms with van der Waals surface area (Å²) in [4.78, 5) is 97.3. The zero-order chi connectivity index (χ0) is 83.7. The van der Waals surface area contributed by atoms with Gasteiger partial charge in [-0.15, -0.1) is 47.5 Å². The van der Waals surface area contributed by atoms with Gasteiger partial charge in [-0.1, -0.05) is 68.0 Å². The van der Waals surface area contributed by atoms with Crippen molar-refractivity contribution in [1.29, 1.82) is 0 Å². The molecule has 3 aliphatic rings. The van der Waals surface area contributed by atoms with Crippen LogP contribution in [0.25, 0.3) is 82.0 Å². The van der Waals surface area contributed by atoms with Crippen molar-refractivity contribution < 1.29 is 43.1 Å². The van der Waals surface area contributed by atoms with Crippen LogP contribution in [0.15, 0.2) is 76.4 Å². The number of carbonyl (C=O) groups is 2. The van der Waals surface area contributed by atoms with Crippen LogP contribution in [0.4, 0.5) is 25.0 Å². The van der Waals surface area contributed by atoms with Crippen LogP contribution in [0.2, 0.25) is 13.3 Å². The van der Waals surface area contributed by atoms with Crippen molar-refractivity contribution in [3.05, 3.63) is 76.4 Å². The van der Waals surface area contributed by atoms with Crippen molar-refractivity contribution in [2.24, 2.45) is 0 Å². The molecule has 0 radical (unpaired) electrons. The number of carbonyl (C=O) groups excluding carboxylic acids is 2. The van der Waals surface area contributed by atoms with E-state index < -0.39 is 29.6 Å². The molecular weight excluding hydrogens is 1920 g/mol. The molecule has 0 saturated carbocycles. The number of nitrogens with zero attached hydrogens (tertiary/aromatic N) is 17. The van der Waals surface area contributed by atoms with E-state index in [2.05, 4.69) is 124 Å². The molecule has 650 valence electrons. The van der Waals surface area contributed by atoms with Gasteiger partial charge in [0.1, 0.15) is 49.1 Å². The van der Waals surface area contributed by atoms with E-state index in [1.807, 2.05) is 77.4 Å². The van der Waals surface area contributed by atoms with Gasteiger partial charge >= 0.3 is 134 Å². The van der Waals surface area contributed by atoms with E-state index in [1.165, 1.54) is 83.9 Å². The Bertz CT molecular complexity index is 5040. The maximum absolute atomic E-state index is 12.4. The second kappa shape index (κ2) is 45.2. The minimum absolute atomic E-state index is 0. The topological polar surface area (TPSA) is 293 Å². The third-order valence-electron chi connectivity index (χ3n) is 20.2. The van der Waals surface area contributed by atoms with E-state index in [0.29, 0.717) is 77.9 Å². The number of hydrogen-bond acceptors (Lipinski definition) is 34. The fraction of sp³-hybridized carbons (Fsp3) is 0.525. The average Bonchev–Trinajstić information content (AvgIpc) is 1.57. The summed E-state index contributed by atoms with van der Waals surface area (Å²) in [6.07, 6.45) is 24.7. The normalized spacial score (nSPS) is 14.3. The van der Waals surface area contributed by atoms with Crippen molar-refractivity contribution in [2.75, 3.05) is 103 Å². The number of unbranched alkanes of at least 4 members (excludes halogenated alkanes) is 3. The number of halogens is 3. The molecule has 40 heteroatoms. The number of aromatic hydroxyl groups is 1. The van der Waals surface area contributed by atoms with E-state index in [1.54, 1.807) is 121 Å². The van der Waals surface area contributed by atoms with Gasteiger partial charge in [0.05, 0.1) is 20.8 Å². The number of rotatable bonds is 27. The van der Waals surface area contributed by atoms with Gasteiger partial charge in [0.15, 0.2) is 69.5 Å². The summed E-state index contributed by atoms with van der Waals surface area (Å²) in [5.74, 6) is 1.33. The largest absolute Gasteiger partial charge is 0.506 e. The minimum atomic E-state index is -2.08. The van der Waals surface area contributed by atoms with Gasteiger partial charge in [0, 0.05) is 126 Å². The van der Waals surface area contributed by atoms with Crippen LogP contribution >= 0.6 is 143 Å². The SMILES string of the molecule is CCC[CH2][Sn]([CH2]CCC)([CH2]CCC)[c]1cncs1.CN(c1nc2sc(-c3ncc(-c4cncs4)cc3O)nc2s1)C1CCNCC1.COCOc1cc(-c2cncs2)cnc1-c1nc2sc(N(C)C3CCN(C(=O)OC(C)(C)C)CC3)nc2s1.COCOc1cc(Br)cnc1-c1nc2sc(N(C)C3CCN(C(=O)OC(C)(C)C)CC3)nc2s1.Cl.Cl. The fourth-order valence-electron chi connectivity index (χ4n) is 13.9. The standard InChI is InChI=1S/C25H30N6O4S3.C22H28BrN5O4S2.C18H18N6OS3.3C4H9.C3H2NS.2ClH.Sn/c1-25(2,3)35-24(32)31-8-6-16(7-9-31)30(4)23-29-22-21(38-23)28-20(37-22)19-17(34-14-33-5)10-15(11-27-19)18-12-26-13-36-18;1-22(2,3)32-21(29)28-8-6-14(7-9-28)27(4)20-26-19-18(34-20)25-17(33-19)16-15(31-12-30-5)10-13(23)11-24-16;1-24(11-2-4-19-5-3-11)18-23-17-16(28-18)22-15(27-17)14-12(25)6-10(7-21-14)13-8-20-9-26-13;3*1-3-4-2;1-2-5-3-4-1;;;/h10-13,16H,6-9,14H2,1-5H3;10-11,14H,6-9,12H2,1-5H3;6-9,11,19,25H,2-5H2,1H3;3*1,3-4H2,2H3;1,3H;2*1H;. The Morgan fingerprint density at radius 2 is 0.883 bits per heavy atom. The maximum Gasteiger partial charge on any atom is 0.410 e. The Labute approximate surface area is 762 Å². The average molecular weight is 2020 g/mol. The Morgan fingerprint density at radius 3 is 1.26 bits per heavy atom. The quantitative estimate of drug-likeness (QED) is 0.0357. The molecule has 0 unspecified atom stereocenters. The molecule has 0 aromatic carbocycles. The maximum atomic E-state index is 12.4. The van der Waals surface area contributed by atoms with E-state index in [4.69, 9.17) is 53.3 Å². The summed E-state index contributed by atoms with van der Waals surface area (Å²) in [7, 11) is 9.40. The summed E-state index contributed by atoms with van der Waals surface area (Å²) in [5, 5.41) is 18.9. The molecule has 120 heavy (non-hydrogen) atoms. The van der Waals surface area contributed by atoms with Gasteiger partial charge in [-0.25, -0.2) is 54.4 Å². The number of ether oxygens (including phenoxy) is 6. The zero-order valence-electron chi connectivity index (χ0n) is 70.1. The predicted molar refractivity (Wildman–Crippen MR) is 506 cm³/mol. The van der Waals surface area contributed by atoms with E-state index in [-0.39, 0.29) is 56.3 Å². The van der Waals surface area contributed by atoms with Crippen molar-refractivity contribution in [2.45, 2.75) is 182 Å². The number of hydrogen-bond donors (Lipinski definition) is 2. The smallest absolute Gasteiger partial charge is 0.410 e. The van der Waals surface area contributed by atoms with Crippen LogP contribution in [0.5, 0.6) is 17.2 Å². The summed E-state index contributed by atoms with van der Waals surface area (Å²) in [6.45, 7) is 23.4. The third kappa shape index (κ3) is 25.4. The molecule has 12 aromatic rings. The van der Waals surface area contributed by atoms with E-state index >= 15 is 0 Å². The first kappa shape index (κ1) is 96.2. The van der Waals surface area contributed by atoms with E-state index in [0.717, 1.165) is 131 Å². The fourth-order valence-corrected chi connectivity index (χ4v) is 40.9. The number of thiazole rings is 9. The summed E-state index contributed by atoms with van der Waals surface area (Å²) in [5.41, 5.74) is 8.26. The molecular formula is C80H107BrCl2N18O9S9Sn. The number of aromatic nitrogens is 12. The monoisotopic (exact) mass is 2020 g/mol. The van der Waals surface area contributed by atoms with Gasteiger partial charge in [-0.05, 0) is 127 Å². The molecule has 2 N–H and O–H groups in total. The van der Waals surface area contributed by atoms with Crippen LogP contribution in [0, 0.1) is 0 Å². The summed E-state index contributed by atoms with van der Waals surface area (Å²) >= 11 is 15.6. The molecule has 3 fully saturated rings. The van der Waals surface area contributed by atoms with Crippen molar-refractivity contribution in [3.63, 3.8) is 0 Å². The first-order valence-electron chi connectivity index (χ1n) is 39.8. The van der Waals surface area contributed by atoms with Gasteiger partial charge in [-0.2, -0.15) is 0 Å². The number of piperidine rings is 3. The van der Waals surface area contributed by atoms with Gasteiger partial charge in [0.25, 0.3) is 0 Å². The molecule has 2 amide bonds. The van der Waals surface area contributed by atoms with Gasteiger partial charge < -0.3 is 63.3 Å². The van der Waals surface area contributed by atoms with Gasteiger partial charge in [-0.3, -0.25) is 9.97 Å². The first-order chi connectivity index (χ1) is 56.8. The van der Waals surface area contributed by atoms with Gasteiger partial charge in [0.2, 0.25) is 0 Å². The van der Waals surface area contributed by atoms with Crippen molar-refractivity contribution in [1.82, 2.24) is 74.9 Å². The van der Waals surface area contributed by atoms with Crippen LogP contribution in [0.1, 0.15) is 139 Å². The number of fused-ring (bicyclic) bond motifs is 3. The molecule has 0 bridgehead atoms. The minimum Gasteiger partial charge on any atom is -0.506 e. The number of amides is 2. The third-order valence-corrected chi connectivity index (χ3v) is 47.7. The molecule has 12 aromatic heterocycles. The molecule has 0 atom stereocenters. The van der Waals surface area contributed by atoms with Crippen molar-refractivity contribution >= 4 is 221 Å². The van der Waals surface area contributed by atoms with Crippen LogP contribution in [0.3, 0.4) is 0 Å². The Morgan fingerprint density at radius 1 is 0.508 bits per heavy atom. The predicted octanol–water partition coefficient (Wildman–Crippen LogP) is 21.0. The number of nitrogens with one attached hydrogen (secondary N) is 1. The van der Waals surface area contributed by atoms with Crippen LogP contribution in [-0.4, -0.2) is 223 Å².